The van der Waals surface area contributed by atoms with E-state index >= 15 is 0 Å². The minimum atomic E-state index is -0.640. The summed E-state index contributed by atoms with van der Waals surface area (Å²) >= 11 is 0. The molecule has 0 aromatic carbocycles. The van der Waals surface area contributed by atoms with Crippen LogP contribution in [-0.2, 0) is 9.53 Å². The van der Waals surface area contributed by atoms with Crippen LogP contribution in [0.3, 0.4) is 0 Å². The summed E-state index contributed by atoms with van der Waals surface area (Å²) in [5, 5.41) is 9.15. The predicted octanol–water partition coefficient (Wildman–Crippen LogP) is 1.74. The van der Waals surface area contributed by atoms with Crippen molar-refractivity contribution < 1.29 is 14.6 Å². The van der Waals surface area contributed by atoms with Gasteiger partial charge in [0.1, 0.15) is 0 Å². The van der Waals surface area contributed by atoms with Gasteiger partial charge in [0, 0.05) is 19.2 Å². The van der Waals surface area contributed by atoms with E-state index in [0.717, 1.165) is 25.8 Å². The molecule has 1 aliphatic heterocycles. The van der Waals surface area contributed by atoms with E-state index < -0.39 is 5.97 Å². The van der Waals surface area contributed by atoms with Crippen LogP contribution in [0, 0.1) is 5.92 Å². The van der Waals surface area contributed by atoms with Crippen LogP contribution < -0.4 is 0 Å². The lowest BCUT2D eigenvalue weighted by atomic mass is 9.91. The molecule has 0 radical (unpaired) electrons. The summed E-state index contributed by atoms with van der Waals surface area (Å²) in [5.74, 6) is -0.822. The molecular weight excluding hydrogens is 218 g/mol. The Labute approximate surface area is 103 Å². The number of aliphatic carboxylic acids is 1. The van der Waals surface area contributed by atoms with Gasteiger partial charge in [0.15, 0.2) is 0 Å². The molecule has 1 aliphatic carbocycles. The monoisotopic (exact) mass is 241 g/mol. The lowest BCUT2D eigenvalue weighted by molar-refractivity contribution is -0.142. The highest BCUT2D eigenvalue weighted by Gasteiger charge is 2.40. The van der Waals surface area contributed by atoms with Gasteiger partial charge >= 0.3 is 5.97 Å². The van der Waals surface area contributed by atoms with Crippen LogP contribution in [0.2, 0.25) is 0 Å². The van der Waals surface area contributed by atoms with Crippen LogP contribution in [0.4, 0.5) is 0 Å². The molecule has 4 heteroatoms. The normalized spacial score (nSPS) is 39.4. The minimum absolute atomic E-state index is 0.174. The van der Waals surface area contributed by atoms with Crippen molar-refractivity contribution in [2.45, 2.75) is 57.2 Å². The van der Waals surface area contributed by atoms with Crippen molar-refractivity contribution in [1.29, 1.82) is 0 Å². The first kappa shape index (κ1) is 12.8. The lowest BCUT2D eigenvalue weighted by Gasteiger charge is -2.37. The van der Waals surface area contributed by atoms with Crippen LogP contribution in [0.15, 0.2) is 0 Å². The first-order valence-electron chi connectivity index (χ1n) is 6.64. The van der Waals surface area contributed by atoms with Crippen LogP contribution in [-0.4, -0.2) is 47.8 Å². The van der Waals surface area contributed by atoms with E-state index in [1.165, 1.54) is 12.8 Å². The van der Waals surface area contributed by atoms with Crippen LogP contribution >= 0.6 is 0 Å². The van der Waals surface area contributed by atoms with E-state index in [4.69, 9.17) is 9.84 Å². The Hall–Kier alpha value is -0.610. The topological polar surface area (TPSA) is 49.8 Å². The molecule has 0 amide bonds. The van der Waals surface area contributed by atoms with E-state index in [1.807, 2.05) is 0 Å². The number of carboxylic acid groups (broad SMARTS) is 1. The highest BCUT2D eigenvalue weighted by Crippen LogP contribution is 2.32. The van der Waals surface area contributed by atoms with Crippen molar-refractivity contribution in [3.05, 3.63) is 0 Å². The molecule has 1 saturated carbocycles. The zero-order chi connectivity index (χ0) is 12.4. The quantitative estimate of drug-likeness (QED) is 0.817. The second kappa shape index (κ2) is 5.36. The number of methoxy groups -OCH3 is 1. The second-order valence-electron chi connectivity index (χ2n) is 5.39. The van der Waals surface area contributed by atoms with Gasteiger partial charge in [0.05, 0.1) is 12.0 Å². The van der Waals surface area contributed by atoms with Crippen molar-refractivity contribution in [2.24, 2.45) is 5.92 Å². The lowest BCUT2D eigenvalue weighted by Crippen LogP contribution is -2.44. The van der Waals surface area contributed by atoms with Gasteiger partial charge in [-0.15, -0.1) is 0 Å². The summed E-state index contributed by atoms with van der Waals surface area (Å²) in [6.07, 6.45) is 5.76. The number of nitrogens with zero attached hydrogens (tertiary/aromatic N) is 1. The molecule has 4 unspecified atom stereocenters. The van der Waals surface area contributed by atoms with Gasteiger partial charge in [-0.25, -0.2) is 0 Å². The van der Waals surface area contributed by atoms with E-state index in [1.54, 1.807) is 7.11 Å². The fourth-order valence-corrected chi connectivity index (χ4v) is 3.44. The Morgan fingerprint density at radius 3 is 2.71 bits per heavy atom. The van der Waals surface area contributed by atoms with Gasteiger partial charge in [-0.3, -0.25) is 9.69 Å². The molecule has 2 fully saturated rings. The largest absolute Gasteiger partial charge is 0.481 e. The van der Waals surface area contributed by atoms with Gasteiger partial charge in [-0.2, -0.15) is 0 Å². The molecule has 1 N–H and O–H groups in total. The van der Waals surface area contributed by atoms with E-state index in [0.29, 0.717) is 12.1 Å². The third-order valence-corrected chi connectivity index (χ3v) is 4.52. The van der Waals surface area contributed by atoms with E-state index in [9.17, 15) is 4.79 Å². The summed E-state index contributed by atoms with van der Waals surface area (Å²) < 4.78 is 5.45. The molecule has 4 atom stereocenters. The third-order valence-electron chi connectivity index (χ3n) is 4.52. The number of hydrogen-bond donors (Lipinski definition) is 1. The van der Waals surface area contributed by atoms with Crippen LogP contribution in [0.5, 0.6) is 0 Å². The molecule has 0 aromatic heterocycles. The number of ether oxygens (including phenoxy) is 1. The fraction of sp³-hybridized carbons (Fsp3) is 0.923. The Bertz CT molecular complexity index is 282. The number of likely N-dealkylation sites (tertiary alicyclic amines) is 1. The van der Waals surface area contributed by atoms with Gasteiger partial charge < -0.3 is 9.84 Å². The fourth-order valence-electron chi connectivity index (χ4n) is 3.44. The number of carbonyl (C=O) groups is 1. The Kier molecular flexibility index (Phi) is 4.05. The Balaban J connectivity index is 1.96. The number of carboxylic acids is 1. The molecule has 17 heavy (non-hydrogen) atoms. The molecule has 4 nitrogen and oxygen atoms in total. The number of hydrogen-bond acceptors (Lipinski definition) is 3. The van der Waals surface area contributed by atoms with Crippen molar-refractivity contribution in [3.63, 3.8) is 0 Å². The molecule has 0 spiro atoms. The summed E-state index contributed by atoms with van der Waals surface area (Å²) in [4.78, 5) is 13.5. The van der Waals surface area contributed by atoms with E-state index in [-0.39, 0.29) is 12.0 Å². The van der Waals surface area contributed by atoms with Crippen molar-refractivity contribution >= 4 is 5.97 Å². The van der Waals surface area contributed by atoms with Gasteiger partial charge in [-0.05, 0) is 45.6 Å². The maximum Gasteiger partial charge on any atom is 0.308 e. The third kappa shape index (κ3) is 2.63. The summed E-state index contributed by atoms with van der Waals surface area (Å²) in [6, 6.07) is 0.696. The first-order valence-corrected chi connectivity index (χ1v) is 6.64. The average Bonchev–Trinajstić information content (AvgIpc) is 2.71. The highest BCUT2D eigenvalue weighted by molar-refractivity contribution is 5.71. The standard InChI is InChI=1S/C13H23NO3/c1-9-12(13(15)16)6-7-14(9)10-4-3-5-11(8-10)17-2/h9-12H,3-8H2,1-2H3,(H,15,16). The van der Waals surface area contributed by atoms with Crippen molar-refractivity contribution in [1.82, 2.24) is 4.90 Å². The summed E-state index contributed by atoms with van der Waals surface area (Å²) in [7, 11) is 1.78. The maximum absolute atomic E-state index is 11.1. The Morgan fingerprint density at radius 2 is 2.12 bits per heavy atom. The smallest absolute Gasteiger partial charge is 0.308 e. The number of rotatable bonds is 3. The molecular formula is C13H23NO3. The van der Waals surface area contributed by atoms with Gasteiger partial charge in [-0.1, -0.05) is 0 Å². The van der Waals surface area contributed by atoms with Gasteiger partial charge in [0.25, 0.3) is 0 Å². The molecule has 98 valence electrons. The SMILES string of the molecule is COC1CCCC(N2CCC(C(=O)O)C2C)C1. The molecule has 0 aromatic rings. The average molecular weight is 241 g/mol. The molecule has 0 bridgehead atoms. The van der Waals surface area contributed by atoms with E-state index in [2.05, 4.69) is 11.8 Å². The van der Waals surface area contributed by atoms with Crippen LogP contribution in [0.1, 0.15) is 39.0 Å². The highest BCUT2D eigenvalue weighted by atomic mass is 16.5. The molecule has 2 rings (SSSR count). The summed E-state index contributed by atoms with van der Waals surface area (Å²) in [6.45, 7) is 2.99. The summed E-state index contributed by atoms with van der Waals surface area (Å²) in [5.41, 5.74) is 0. The maximum atomic E-state index is 11.1. The zero-order valence-electron chi connectivity index (χ0n) is 10.8. The van der Waals surface area contributed by atoms with Crippen molar-refractivity contribution in [3.8, 4) is 0 Å². The van der Waals surface area contributed by atoms with Crippen LogP contribution in [0.25, 0.3) is 0 Å². The first-order chi connectivity index (χ1) is 8.13. The Morgan fingerprint density at radius 1 is 1.35 bits per heavy atom. The second-order valence-corrected chi connectivity index (χ2v) is 5.39. The predicted molar refractivity (Wildman–Crippen MR) is 65.0 cm³/mol. The molecule has 2 aliphatic rings. The zero-order valence-corrected chi connectivity index (χ0v) is 10.8. The van der Waals surface area contributed by atoms with Crippen molar-refractivity contribution in [2.75, 3.05) is 13.7 Å². The van der Waals surface area contributed by atoms with Gasteiger partial charge in [0.2, 0.25) is 0 Å². The molecule has 1 saturated heterocycles. The minimum Gasteiger partial charge on any atom is -0.481 e. The molecule has 1 heterocycles.